The van der Waals surface area contributed by atoms with Crippen LogP contribution < -0.4 is 5.32 Å². The molecule has 1 N–H and O–H groups in total. The Hall–Kier alpha value is -0.570. The molecule has 0 aromatic heterocycles. The number of nitrogens with one attached hydrogen (secondary N) is 1. The average molecular weight is 262 g/mol. The minimum absolute atomic E-state index is 0.336. The molecule has 3 saturated carbocycles. The zero-order valence-electron chi connectivity index (χ0n) is 11.8. The van der Waals surface area contributed by atoms with Crippen LogP contribution in [0, 0.1) is 23.7 Å². The molecule has 1 aliphatic heterocycles. The Morgan fingerprint density at radius 3 is 2.63 bits per heavy atom. The molecule has 0 aromatic carbocycles. The molecule has 1 amide bonds. The van der Waals surface area contributed by atoms with Gasteiger partial charge in [-0.05, 0) is 62.2 Å². The minimum atomic E-state index is 0.336. The first-order valence-electron chi connectivity index (χ1n) is 8.34. The summed E-state index contributed by atoms with van der Waals surface area (Å²) in [6, 6.07) is 0.649. The van der Waals surface area contributed by atoms with Gasteiger partial charge in [0.2, 0.25) is 5.91 Å². The molecule has 5 atom stereocenters. The van der Waals surface area contributed by atoms with Crippen LogP contribution in [-0.2, 0) is 4.79 Å². The van der Waals surface area contributed by atoms with Gasteiger partial charge >= 0.3 is 0 Å². The summed E-state index contributed by atoms with van der Waals surface area (Å²) in [5, 5.41) is 3.61. The first kappa shape index (κ1) is 12.2. The fraction of sp³-hybridized carbons (Fsp3) is 0.938. The number of hydrogen-bond donors (Lipinski definition) is 1. The quantitative estimate of drug-likeness (QED) is 0.844. The Morgan fingerprint density at radius 1 is 1.00 bits per heavy atom. The molecule has 4 fully saturated rings. The molecule has 0 spiro atoms. The highest BCUT2D eigenvalue weighted by Crippen LogP contribution is 2.58. The molecule has 4 rings (SSSR count). The van der Waals surface area contributed by atoms with Crippen molar-refractivity contribution in [1.29, 1.82) is 0 Å². The number of fused-ring (bicyclic) bond motifs is 5. The summed E-state index contributed by atoms with van der Waals surface area (Å²) in [6.45, 7) is 2.56. The number of carbonyl (C=O) groups is 1. The van der Waals surface area contributed by atoms with E-state index in [-0.39, 0.29) is 0 Å². The van der Waals surface area contributed by atoms with Crippen molar-refractivity contribution in [3.8, 4) is 0 Å². The Labute approximate surface area is 116 Å². The van der Waals surface area contributed by atoms with Gasteiger partial charge in [-0.1, -0.05) is 6.42 Å². The predicted molar refractivity (Wildman–Crippen MR) is 74.6 cm³/mol. The van der Waals surface area contributed by atoms with Crippen LogP contribution in [0.2, 0.25) is 0 Å². The fourth-order valence-corrected chi connectivity index (χ4v) is 5.60. The lowest BCUT2D eigenvalue weighted by atomic mass is 9.79. The van der Waals surface area contributed by atoms with Gasteiger partial charge in [0, 0.05) is 19.1 Å². The second kappa shape index (κ2) is 4.76. The van der Waals surface area contributed by atoms with Crippen LogP contribution in [0.3, 0.4) is 0 Å². The Kier molecular flexibility index (Phi) is 3.06. The van der Waals surface area contributed by atoms with E-state index in [2.05, 4.69) is 5.32 Å². The third-order valence-electron chi connectivity index (χ3n) is 6.40. The van der Waals surface area contributed by atoms with Gasteiger partial charge < -0.3 is 10.2 Å². The van der Waals surface area contributed by atoms with E-state index in [1.807, 2.05) is 4.90 Å². The lowest BCUT2D eigenvalue weighted by Gasteiger charge is -2.32. The molecule has 4 aliphatic rings. The van der Waals surface area contributed by atoms with Gasteiger partial charge in [0.1, 0.15) is 0 Å². The van der Waals surface area contributed by atoms with Crippen molar-refractivity contribution in [1.82, 2.24) is 10.2 Å². The normalized spacial score (nSPS) is 44.0. The molecule has 1 heterocycles. The van der Waals surface area contributed by atoms with E-state index in [1.54, 1.807) is 0 Å². The van der Waals surface area contributed by atoms with Gasteiger partial charge in [0.15, 0.2) is 0 Å². The van der Waals surface area contributed by atoms with Crippen molar-refractivity contribution < 1.29 is 4.79 Å². The number of rotatable bonds is 3. The van der Waals surface area contributed by atoms with E-state index < -0.39 is 0 Å². The highest BCUT2D eigenvalue weighted by molar-refractivity contribution is 5.78. The zero-order chi connectivity index (χ0) is 12.8. The van der Waals surface area contributed by atoms with Gasteiger partial charge in [-0.2, -0.15) is 0 Å². The number of carbonyl (C=O) groups excluding carboxylic acids is 1. The van der Waals surface area contributed by atoms with Crippen LogP contribution in [-0.4, -0.2) is 36.5 Å². The largest absolute Gasteiger partial charge is 0.342 e. The summed E-state index contributed by atoms with van der Waals surface area (Å²) < 4.78 is 0. The zero-order valence-corrected chi connectivity index (χ0v) is 11.8. The maximum atomic E-state index is 12.1. The second-order valence-electron chi connectivity index (χ2n) is 7.23. The first-order chi connectivity index (χ1) is 9.33. The average Bonchev–Trinajstić information content (AvgIpc) is 3.15. The highest BCUT2D eigenvalue weighted by atomic mass is 16.2. The monoisotopic (exact) mass is 262 g/mol. The summed E-state index contributed by atoms with van der Waals surface area (Å²) in [4.78, 5) is 14.1. The molecule has 2 bridgehead atoms. The second-order valence-corrected chi connectivity index (χ2v) is 7.23. The van der Waals surface area contributed by atoms with Gasteiger partial charge in [-0.25, -0.2) is 0 Å². The Bertz CT molecular complexity index is 364. The number of likely N-dealkylation sites (tertiary alicyclic amines) is 1. The molecule has 3 heteroatoms. The molecule has 106 valence electrons. The molecule has 19 heavy (non-hydrogen) atoms. The van der Waals surface area contributed by atoms with Crippen LogP contribution in [0.1, 0.15) is 44.9 Å². The number of hydrogen-bond acceptors (Lipinski definition) is 2. The molecular weight excluding hydrogens is 236 g/mol. The molecule has 3 nitrogen and oxygen atoms in total. The minimum Gasteiger partial charge on any atom is -0.342 e. The molecule has 0 radical (unpaired) electrons. The summed E-state index contributed by atoms with van der Waals surface area (Å²) >= 11 is 0. The van der Waals surface area contributed by atoms with Crippen LogP contribution >= 0.6 is 0 Å². The van der Waals surface area contributed by atoms with E-state index in [0.29, 0.717) is 18.5 Å². The van der Waals surface area contributed by atoms with E-state index in [0.717, 1.165) is 36.8 Å². The third kappa shape index (κ3) is 2.01. The molecule has 1 saturated heterocycles. The maximum Gasteiger partial charge on any atom is 0.236 e. The molecule has 0 aromatic rings. The highest BCUT2D eigenvalue weighted by Gasteiger charge is 2.53. The van der Waals surface area contributed by atoms with Crippen molar-refractivity contribution in [2.45, 2.75) is 51.0 Å². The fourth-order valence-electron chi connectivity index (χ4n) is 5.60. The lowest BCUT2D eigenvalue weighted by Crippen LogP contribution is -2.44. The third-order valence-corrected chi connectivity index (χ3v) is 6.40. The summed E-state index contributed by atoms with van der Waals surface area (Å²) in [5.41, 5.74) is 0. The Balaban J connectivity index is 1.31. The van der Waals surface area contributed by atoms with E-state index in [9.17, 15) is 4.79 Å². The van der Waals surface area contributed by atoms with Gasteiger partial charge in [-0.15, -0.1) is 0 Å². The van der Waals surface area contributed by atoms with Gasteiger partial charge in [0.05, 0.1) is 6.54 Å². The topological polar surface area (TPSA) is 32.3 Å². The van der Waals surface area contributed by atoms with Crippen molar-refractivity contribution >= 4 is 5.91 Å². The summed E-state index contributed by atoms with van der Waals surface area (Å²) in [5.74, 6) is 4.26. The summed E-state index contributed by atoms with van der Waals surface area (Å²) in [6.07, 6.45) is 9.61. The molecule has 5 unspecified atom stereocenters. The first-order valence-corrected chi connectivity index (χ1v) is 8.34. The van der Waals surface area contributed by atoms with Crippen molar-refractivity contribution in [2.75, 3.05) is 19.6 Å². The standard InChI is InChI=1S/C16H26N2O/c19-16(18-6-1-2-7-18)10-17-15-9-11-8-14(15)13-5-3-4-12(11)13/h11-15,17H,1-10H2. The Morgan fingerprint density at radius 2 is 1.79 bits per heavy atom. The SMILES string of the molecule is O=C(CNC1CC2CC1C1CCCC21)N1CCCC1. The molecule has 3 aliphatic carbocycles. The van der Waals surface area contributed by atoms with Crippen LogP contribution in [0.15, 0.2) is 0 Å². The number of amides is 1. The van der Waals surface area contributed by atoms with Crippen LogP contribution in [0.25, 0.3) is 0 Å². The lowest BCUT2D eigenvalue weighted by molar-refractivity contribution is -0.129. The van der Waals surface area contributed by atoms with Crippen molar-refractivity contribution in [3.63, 3.8) is 0 Å². The van der Waals surface area contributed by atoms with E-state index in [1.165, 1.54) is 44.9 Å². The van der Waals surface area contributed by atoms with Crippen molar-refractivity contribution in [3.05, 3.63) is 0 Å². The van der Waals surface area contributed by atoms with Gasteiger partial charge in [0.25, 0.3) is 0 Å². The predicted octanol–water partition coefficient (Wildman–Crippen LogP) is 2.02. The molecular formula is C16H26N2O. The summed E-state index contributed by atoms with van der Waals surface area (Å²) in [7, 11) is 0. The van der Waals surface area contributed by atoms with E-state index in [4.69, 9.17) is 0 Å². The smallest absolute Gasteiger partial charge is 0.236 e. The van der Waals surface area contributed by atoms with E-state index >= 15 is 0 Å². The number of nitrogens with zero attached hydrogens (tertiary/aromatic N) is 1. The van der Waals surface area contributed by atoms with Crippen LogP contribution in [0.4, 0.5) is 0 Å². The van der Waals surface area contributed by atoms with Crippen molar-refractivity contribution in [2.24, 2.45) is 23.7 Å². The van der Waals surface area contributed by atoms with Gasteiger partial charge in [-0.3, -0.25) is 4.79 Å². The van der Waals surface area contributed by atoms with Crippen LogP contribution in [0.5, 0.6) is 0 Å². The maximum absolute atomic E-state index is 12.1.